The van der Waals surface area contributed by atoms with Crippen LogP contribution in [-0.2, 0) is 6.54 Å². The molecule has 3 rings (SSSR count). The van der Waals surface area contributed by atoms with Crippen LogP contribution in [0.1, 0.15) is 43.9 Å². The van der Waals surface area contributed by atoms with Crippen LogP contribution in [0.15, 0.2) is 24.4 Å². The molecule has 1 saturated carbocycles. The van der Waals surface area contributed by atoms with Gasteiger partial charge in [-0.1, -0.05) is 37.0 Å². The zero-order chi connectivity index (χ0) is 15.0. The number of hydrogen-bond donors (Lipinski definition) is 1. The van der Waals surface area contributed by atoms with E-state index in [2.05, 4.69) is 24.3 Å². The van der Waals surface area contributed by atoms with Crippen molar-refractivity contribution in [2.75, 3.05) is 0 Å². The van der Waals surface area contributed by atoms with E-state index >= 15 is 0 Å². The molecule has 1 aromatic carbocycles. The van der Waals surface area contributed by atoms with E-state index in [0.717, 1.165) is 12.2 Å². The molecule has 2 aromatic rings. The minimum atomic E-state index is 0.463. The van der Waals surface area contributed by atoms with E-state index in [4.69, 9.17) is 23.2 Å². The van der Waals surface area contributed by atoms with Gasteiger partial charge in [0.25, 0.3) is 0 Å². The van der Waals surface area contributed by atoms with E-state index in [9.17, 15) is 0 Å². The van der Waals surface area contributed by atoms with Gasteiger partial charge in [-0.05, 0) is 31.0 Å². The Bertz CT molecular complexity index is 645. The lowest BCUT2D eigenvalue weighted by Gasteiger charge is -2.11. The molecular weight excluding hydrogens is 305 g/mol. The molecular formula is C16H19Cl2N3. The van der Waals surface area contributed by atoms with Crippen molar-refractivity contribution in [3.63, 3.8) is 0 Å². The zero-order valence-electron chi connectivity index (χ0n) is 12.2. The van der Waals surface area contributed by atoms with Gasteiger partial charge in [0.05, 0.1) is 27.6 Å². The van der Waals surface area contributed by atoms with E-state index in [0.29, 0.717) is 22.0 Å². The molecule has 1 aliphatic rings. The Morgan fingerprint density at radius 3 is 2.67 bits per heavy atom. The second-order valence-corrected chi connectivity index (χ2v) is 6.69. The summed E-state index contributed by atoms with van der Waals surface area (Å²) in [4.78, 5) is 0. The number of benzene rings is 1. The first-order valence-corrected chi connectivity index (χ1v) is 8.07. The van der Waals surface area contributed by atoms with Gasteiger partial charge >= 0.3 is 0 Å². The van der Waals surface area contributed by atoms with Gasteiger partial charge in [0.2, 0.25) is 0 Å². The summed E-state index contributed by atoms with van der Waals surface area (Å²) in [5.74, 6) is 0.617. The van der Waals surface area contributed by atoms with Crippen LogP contribution in [0.25, 0.3) is 5.69 Å². The predicted molar refractivity (Wildman–Crippen MR) is 87.5 cm³/mol. The fourth-order valence-corrected chi connectivity index (χ4v) is 2.75. The fourth-order valence-electron chi connectivity index (χ4n) is 2.46. The van der Waals surface area contributed by atoms with Crippen molar-refractivity contribution >= 4 is 23.2 Å². The van der Waals surface area contributed by atoms with Crippen LogP contribution >= 0.6 is 23.2 Å². The molecule has 1 heterocycles. The van der Waals surface area contributed by atoms with Gasteiger partial charge in [0, 0.05) is 24.1 Å². The Balaban J connectivity index is 1.96. The summed E-state index contributed by atoms with van der Waals surface area (Å²) in [6.45, 7) is 5.16. The van der Waals surface area contributed by atoms with Gasteiger partial charge in [-0.25, -0.2) is 4.68 Å². The maximum absolute atomic E-state index is 6.14. The molecule has 3 nitrogen and oxygen atoms in total. The minimum Gasteiger partial charge on any atom is -0.310 e. The highest BCUT2D eigenvalue weighted by Crippen LogP contribution is 2.42. The second kappa shape index (κ2) is 5.99. The molecule has 1 N–H and O–H groups in total. The monoisotopic (exact) mass is 323 g/mol. The molecule has 0 spiro atoms. The second-order valence-electron chi connectivity index (χ2n) is 5.88. The van der Waals surface area contributed by atoms with Crippen LogP contribution in [0.2, 0.25) is 10.0 Å². The van der Waals surface area contributed by atoms with E-state index in [1.165, 1.54) is 24.1 Å². The predicted octanol–water partition coefficient (Wildman–Crippen LogP) is 4.55. The van der Waals surface area contributed by atoms with Gasteiger partial charge in [0.15, 0.2) is 0 Å². The van der Waals surface area contributed by atoms with Crippen molar-refractivity contribution in [2.45, 2.75) is 45.2 Å². The minimum absolute atomic E-state index is 0.463. The van der Waals surface area contributed by atoms with Crippen molar-refractivity contribution in [1.82, 2.24) is 15.1 Å². The average Bonchev–Trinajstić information content (AvgIpc) is 3.19. The first-order valence-electron chi connectivity index (χ1n) is 7.32. The molecule has 5 heteroatoms. The molecule has 21 heavy (non-hydrogen) atoms. The lowest BCUT2D eigenvalue weighted by molar-refractivity contribution is 0.585. The van der Waals surface area contributed by atoms with Gasteiger partial charge in [-0.15, -0.1) is 0 Å². The summed E-state index contributed by atoms with van der Waals surface area (Å²) < 4.78 is 2.01. The molecule has 0 atom stereocenters. The lowest BCUT2D eigenvalue weighted by atomic mass is 10.1. The topological polar surface area (TPSA) is 29.9 Å². The van der Waals surface area contributed by atoms with Crippen LogP contribution in [0.3, 0.4) is 0 Å². The van der Waals surface area contributed by atoms with Crippen molar-refractivity contribution in [3.8, 4) is 5.69 Å². The Kier molecular flexibility index (Phi) is 4.25. The molecule has 0 amide bonds. The maximum atomic E-state index is 6.14. The Morgan fingerprint density at radius 1 is 1.29 bits per heavy atom. The molecule has 0 radical (unpaired) electrons. The summed E-state index contributed by atoms with van der Waals surface area (Å²) >= 11 is 12.1. The highest BCUT2D eigenvalue weighted by Gasteiger charge is 2.30. The highest BCUT2D eigenvalue weighted by molar-refractivity contribution is 6.42. The number of hydrogen-bond acceptors (Lipinski definition) is 2. The number of aromatic nitrogens is 2. The summed E-state index contributed by atoms with van der Waals surface area (Å²) in [5.41, 5.74) is 3.56. The molecule has 1 aliphatic carbocycles. The van der Waals surface area contributed by atoms with Gasteiger partial charge in [0.1, 0.15) is 0 Å². The first-order chi connectivity index (χ1) is 10.1. The van der Waals surface area contributed by atoms with Crippen molar-refractivity contribution in [1.29, 1.82) is 0 Å². The molecule has 0 bridgehead atoms. The van der Waals surface area contributed by atoms with E-state index < -0.39 is 0 Å². The Labute approximate surface area is 135 Å². The van der Waals surface area contributed by atoms with Gasteiger partial charge in [-0.3, -0.25) is 0 Å². The summed E-state index contributed by atoms with van der Waals surface area (Å²) in [5, 5.41) is 9.18. The summed E-state index contributed by atoms with van der Waals surface area (Å²) in [7, 11) is 0. The lowest BCUT2D eigenvalue weighted by Crippen LogP contribution is -2.22. The largest absolute Gasteiger partial charge is 0.310 e. The fraction of sp³-hybridized carbons (Fsp3) is 0.438. The highest BCUT2D eigenvalue weighted by atomic mass is 35.5. The summed E-state index contributed by atoms with van der Waals surface area (Å²) in [6, 6.07) is 6.13. The van der Waals surface area contributed by atoms with Gasteiger partial charge in [-0.2, -0.15) is 5.10 Å². The van der Waals surface area contributed by atoms with Crippen molar-refractivity contribution < 1.29 is 0 Å². The van der Waals surface area contributed by atoms with E-state index in [1.54, 1.807) is 0 Å². The third kappa shape index (κ3) is 3.25. The molecule has 0 unspecified atom stereocenters. The third-order valence-electron chi connectivity index (χ3n) is 3.70. The summed E-state index contributed by atoms with van der Waals surface area (Å²) in [6.07, 6.45) is 4.44. The Morgan fingerprint density at radius 2 is 2.05 bits per heavy atom. The maximum Gasteiger partial charge on any atom is 0.0664 e. The molecule has 0 saturated heterocycles. The standard InChI is InChI=1S/C16H19Cl2N3/c1-10(2)19-8-12-9-20-21(16(12)11-3-4-11)13-5-6-14(17)15(18)7-13/h5-7,9-11,19H,3-4,8H2,1-2H3. The number of nitrogens with zero attached hydrogens (tertiary/aromatic N) is 2. The average molecular weight is 324 g/mol. The molecule has 1 fully saturated rings. The van der Waals surface area contributed by atoms with Gasteiger partial charge < -0.3 is 5.32 Å². The van der Waals surface area contributed by atoms with E-state index in [-0.39, 0.29) is 0 Å². The van der Waals surface area contributed by atoms with Crippen LogP contribution in [0, 0.1) is 0 Å². The number of rotatable bonds is 5. The number of nitrogens with one attached hydrogen (secondary N) is 1. The SMILES string of the molecule is CC(C)NCc1cnn(-c2ccc(Cl)c(Cl)c2)c1C1CC1. The quantitative estimate of drug-likeness (QED) is 0.874. The number of halogens is 2. The van der Waals surface area contributed by atoms with Crippen molar-refractivity contribution in [3.05, 3.63) is 45.7 Å². The van der Waals surface area contributed by atoms with Crippen LogP contribution in [0.4, 0.5) is 0 Å². The van der Waals surface area contributed by atoms with Crippen LogP contribution in [0.5, 0.6) is 0 Å². The molecule has 112 valence electrons. The third-order valence-corrected chi connectivity index (χ3v) is 4.44. The van der Waals surface area contributed by atoms with Crippen LogP contribution < -0.4 is 5.32 Å². The Hall–Kier alpha value is -1.03. The zero-order valence-corrected chi connectivity index (χ0v) is 13.7. The van der Waals surface area contributed by atoms with Crippen LogP contribution in [-0.4, -0.2) is 15.8 Å². The molecule has 1 aromatic heterocycles. The van der Waals surface area contributed by atoms with Crippen molar-refractivity contribution in [2.24, 2.45) is 0 Å². The smallest absolute Gasteiger partial charge is 0.0664 e. The molecule has 0 aliphatic heterocycles. The normalized spacial score (nSPS) is 14.9. The van der Waals surface area contributed by atoms with E-state index in [1.807, 2.05) is 29.1 Å². The first kappa shape index (κ1) is 14.9.